The van der Waals surface area contributed by atoms with Crippen molar-refractivity contribution < 1.29 is 4.79 Å². The fourth-order valence-electron chi connectivity index (χ4n) is 3.02. The van der Waals surface area contributed by atoms with Gasteiger partial charge in [-0.2, -0.15) is 0 Å². The van der Waals surface area contributed by atoms with E-state index in [1.165, 1.54) is 33.4 Å². The molecule has 0 radical (unpaired) electrons. The molecule has 5 nitrogen and oxygen atoms in total. The molecule has 0 atom stereocenters. The number of thiophene rings is 1. The number of hydrogen-bond acceptors (Lipinski definition) is 4. The highest BCUT2D eigenvalue weighted by atomic mass is 32.1. The first-order chi connectivity index (χ1) is 13.0. The van der Waals surface area contributed by atoms with E-state index in [1.807, 2.05) is 11.4 Å². The summed E-state index contributed by atoms with van der Waals surface area (Å²) in [5, 5.41) is 5.43. The van der Waals surface area contributed by atoms with Crippen LogP contribution in [-0.2, 0) is 11.3 Å². The third-order valence-electron chi connectivity index (χ3n) is 4.80. The van der Waals surface area contributed by atoms with Gasteiger partial charge in [-0.05, 0) is 37.0 Å². The molecule has 142 valence electrons. The number of carbonyl (C=O) groups is 1. The Hall–Kier alpha value is -2.47. The Bertz CT molecular complexity index is 1020. The van der Waals surface area contributed by atoms with E-state index in [-0.39, 0.29) is 18.0 Å². The molecule has 2 heterocycles. The van der Waals surface area contributed by atoms with Gasteiger partial charge in [0.05, 0.1) is 11.7 Å². The molecule has 0 fully saturated rings. The van der Waals surface area contributed by atoms with Crippen LogP contribution in [0.3, 0.4) is 0 Å². The number of hydrogen-bond donors (Lipinski definition) is 1. The largest absolute Gasteiger partial charge is 0.355 e. The third-order valence-corrected chi connectivity index (χ3v) is 5.68. The van der Waals surface area contributed by atoms with E-state index in [0.717, 1.165) is 30.4 Å². The number of unbranched alkanes of at least 4 members (excludes halogenated alkanes) is 2. The summed E-state index contributed by atoms with van der Waals surface area (Å²) < 4.78 is 1.40. The Labute approximate surface area is 163 Å². The number of nitrogens with one attached hydrogen (secondary N) is 1. The van der Waals surface area contributed by atoms with Crippen molar-refractivity contribution in [1.82, 2.24) is 14.9 Å². The zero-order valence-electron chi connectivity index (χ0n) is 16.0. The summed E-state index contributed by atoms with van der Waals surface area (Å²) in [6.07, 6.45) is 4.62. The van der Waals surface area contributed by atoms with Crippen molar-refractivity contribution in [3.05, 3.63) is 51.4 Å². The first-order valence-electron chi connectivity index (χ1n) is 9.32. The van der Waals surface area contributed by atoms with Gasteiger partial charge in [-0.25, -0.2) is 4.98 Å². The second kappa shape index (κ2) is 8.48. The van der Waals surface area contributed by atoms with Gasteiger partial charge >= 0.3 is 0 Å². The highest BCUT2D eigenvalue weighted by Gasteiger charge is 2.15. The molecule has 0 bridgehead atoms. The number of nitrogens with zero attached hydrogens (tertiary/aromatic N) is 2. The van der Waals surface area contributed by atoms with Gasteiger partial charge in [-0.1, -0.05) is 38.0 Å². The molecule has 0 saturated heterocycles. The number of fused-ring (bicyclic) bond motifs is 1. The number of carbonyl (C=O) groups excluding carboxylic acids is 1. The third kappa shape index (κ3) is 4.27. The summed E-state index contributed by atoms with van der Waals surface area (Å²) in [7, 11) is 0. The van der Waals surface area contributed by atoms with Gasteiger partial charge in [0.15, 0.2) is 0 Å². The Morgan fingerprint density at radius 1 is 1.22 bits per heavy atom. The van der Waals surface area contributed by atoms with Crippen LogP contribution in [-0.4, -0.2) is 22.0 Å². The van der Waals surface area contributed by atoms with E-state index in [1.54, 1.807) is 0 Å². The molecular weight excluding hydrogens is 358 g/mol. The predicted octanol–water partition coefficient (Wildman–Crippen LogP) is 4.05. The molecule has 1 N–H and O–H groups in total. The van der Waals surface area contributed by atoms with Crippen molar-refractivity contribution in [2.24, 2.45) is 0 Å². The zero-order valence-corrected chi connectivity index (χ0v) is 16.9. The molecule has 0 aliphatic carbocycles. The average Bonchev–Trinajstić information content (AvgIpc) is 3.08. The highest BCUT2D eigenvalue weighted by Crippen LogP contribution is 2.31. The minimum Gasteiger partial charge on any atom is -0.355 e. The fraction of sp³-hybridized carbons (Fsp3) is 0.381. The Kier molecular flexibility index (Phi) is 6.06. The molecule has 0 aliphatic heterocycles. The molecule has 0 spiro atoms. The van der Waals surface area contributed by atoms with Crippen molar-refractivity contribution in [2.75, 3.05) is 6.54 Å². The standard InChI is InChI=1S/C21H25N3O2S/c1-4-5-6-9-22-18(25)11-24-13-23-20-19(21(24)26)17(12-27-20)16-8-7-14(2)15(3)10-16/h7-8,10,12-13H,4-6,9,11H2,1-3H3,(H,22,25). The van der Waals surface area contributed by atoms with Gasteiger partial charge in [0.1, 0.15) is 11.4 Å². The molecule has 6 heteroatoms. The van der Waals surface area contributed by atoms with Gasteiger partial charge in [0.2, 0.25) is 5.91 Å². The van der Waals surface area contributed by atoms with Crippen molar-refractivity contribution >= 4 is 27.5 Å². The van der Waals surface area contributed by atoms with Crippen LogP contribution in [0.25, 0.3) is 21.3 Å². The summed E-state index contributed by atoms with van der Waals surface area (Å²) in [5.41, 5.74) is 4.12. The molecule has 3 rings (SSSR count). The van der Waals surface area contributed by atoms with E-state index in [2.05, 4.69) is 43.2 Å². The second-order valence-corrected chi connectivity index (χ2v) is 7.72. The van der Waals surface area contributed by atoms with Gasteiger partial charge in [-0.15, -0.1) is 11.3 Å². The lowest BCUT2D eigenvalue weighted by Gasteiger charge is -2.08. The molecule has 0 unspecified atom stereocenters. The lowest BCUT2D eigenvalue weighted by atomic mass is 10.0. The summed E-state index contributed by atoms with van der Waals surface area (Å²) in [6, 6.07) is 6.18. The van der Waals surface area contributed by atoms with Crippen molar-refractivity contribution in [3.8, 4) is 11.1 Å². The van der Waals surface area contributed by atoms with E-state index >= 15 is 0 Å². The van der Waals surface area contributed by atoms with Crippen LogP contribution in [0.4, 0.5) is 0 Å². The smallest absolute Gasteiger partial charge is 0.263 e. The highest BCUT2D eigenvalue weighted by molar-refractivity contribution is 7.17. The lowest BCUT2D eigenvalue weighted by molar-refractivity contribution is -0.121. The van der Waals surface area contributed by atoms with Gasteiger partial charge in [0, 0.05) is 17.5 Å². The van der Waals surface area contributed by atoms with E-state index in [9.17, 15) is 9.59 Å². The van der Waals surface area contributed by atoms with Crippen LogP contribution in [0.15, 0.2) is 34.7 Å². The number of aryl methyl sites for hydroxylation is 2. The molecule has 0 aliphatic rings. The molecular formula is C21H25N3O2S. The Morgan fingerprint density at radius 3 is 2.78 bits per heavy atom. The van der Waals surface area contributed by atoms with Crippen LogP contribution >= 0.6 is 11.3 Å². The molecule has 2 aromatic heterocycles. The average molecular weight is 384 g/mol. The van der Waals surface area contributed by atoms with E-state index in [0.29, 0.717) is 16.8 Å². The molecule has 1 aromatic carbocycles. The van der Waals surface area contributed by atoms with Gasteiger partial charge < -0.3 is 5.32 Å². The number of rotatable bonds is 7. The number of benzene rings is 1. The summed E-state index contributed by atoms with van der Waals surface area (Å²) >= 11 is 1.45. The Balaban J connectivity index is 1.89. The zero-order chi connectivity index (χ0) is 19.4. The number of aromatic nitrogens is 2. The quantitative estimate of drug-likeness (QED) is 0.626. The minimum absolute atomic E-state index is 0.00386. The molecule has 1 amide bonds. The molecule has 3 aromatic rings. The van der Waals surface area contributed by atoms with Crippen molar-refractivity contribution in [3.63, 3.8) is 0 Å². The maximum absolute atomic E-state index is 13.0. The van der Waals surface area contributed by atoms with Crippen LogP contribution in [0.5, 0.6) is 0 Å². The normalized spacial score (nSPS) is 11.1. The second-order valence-electron chi connectivity index (χ2n) is 6.86. The maximum atomic E-state index is 13.0. The molecule has 0 saturated carbocycles. The minimum atomic E-state index is -0.168. The maximum Gasteiger partial charge on any atom is 0.263 e. The van der Waals surface area contributed by atoms with Crippen molar-refractivity contribution in [2.45, 2.75) is 46.6 Å². The number of amides is 1. The van der Waals surface area contributed by atoms with Crippen LogP contribution in [0.2, 0.25) is 0 Å². The van der Waals surface area contributed by atoms with Gasteiger partial charge in [-0.3, -0.25) is 14.2 Å². The predicted molar refractivity (Wildman–Crippen MR) is 111 cm³/mol. The van der Waals surface area contributed by atoms with E-state index < -0.39 is 0 Å². The summed E-state index contributed by atoms with van der Waals surface area (Å²) in [4.78, 5) is 30.2. The summed E-state index contributed by atoms with van der Waals surface area (Å²) in [6.45, 7) is 6.89. The van der Waals surface area contributed by atoms with Crippen molar-refractivity contribution in [1.29, 1.82) is 0 Å². The van der Waals surface area contributed by atoms with Crippen LogP contribution < -0.4 is 10.9 Å². The lowest BCUT2D eigenvalue weighted by Crippen LogP contribution is -2.32. The fourth-order valence-corrected chi connectivity index (χ4v) is 3.92. The van der Waals surface area contributed by atoms with Gasteiger partial charge in [0.25, 0.3) is 5.56 Å². The molecule has 27 heavy (non-hydrogen) atoms. The van der Waals surface area contributed by atoms with Crippen LogP contribution in [0.1, 0.15) is 37.3 Å². The Morgan fingerprint density at radius 2 is 2.04 bits per heavy atom. The SMILES string of the molecule is CCCCCNC(=O)Cn1cnc2scc(-c3ccc(C)c(C)c3)c2c1=O. The first kappa shape index (κ1) is 19.3. The first-order valence-corrected chi connectivity index (χ1v) is 10.2. The monoisotopic (exact) mass is 383 g/mol. The summed E-state index contributed by atoms with van der Waals surface area (Å²) in [5.74, 6) is -0.155. The van der Waals surface area contributed by atoms with Crippen LogP contribution in [0, 0.1) is 13.8 Å². The van der Waals surface area contributed by atoms with E-state index in [4.69, 9.17) is 0 Å². The topological polar surface area (TPSA) is 64.0 Å².